The Morgan fingerprint density at radius 3 is 2.23 bits per heavy atom. The quantitative estimate of drug-likeness (QED) is 0.147. The predicted octanol–water partition coefficient (Wildman–Crippen LogP) is 5.01. The number of ether oxygens (including phenoxy) is 2. The van der Waals surface area contributed by atoms with Crippen LogP contribution in [-0.4, -0.2) is 68.5 Å². The van der Waals surface area contributed by atoms with Gasteiger partial charge in [0.25, 0.3) is 0 Å². The van der Waals surface area contributed by atoms with Crippen molar-refractivity contribution in [3.63, 3.8) is 0 Å². The summed E-state index contributed by atoms with van der Waals surface area (Å²) in [6.07, 6.45) is 7.78. The molecule has 8 nitrogen and oxygen atoms in total. The van der Waals surface area contributed by atoms with Gasteiger partial charge in [-0.15, -0.1) is 0 Å². The molecular formula is C35H56O8. The molecule has 1 spiro atoms. The van der Waals surface area contributed by atoms with Crippen molar-refractivity contribution >= 4 is 11.9 Å². The number of carbonyl (C=O) groups is 2. The topological polar surface area (TPSA) is 134 Å². The van der Waals surface area contributed by atoms with E-state index in [9.17, 15) is 30.0 Å². The van der Waals surface area contributed by atoms with E-state index in [1.807, 2.05) is 20.8 Å². The van der Waals surface area contributed by atoms with Gasteiger partial charge in [-0.25, -0.2) is 0 Å². The van der Waals surface area contributed by atoms with Gasteiger partial charge in [0, 0.05) is 23.7 Å². The molecule has 4 N–H and O–H groups in total. The number of rotatable bonds is 11. The second-order valence-electron chi connectivity index (χ2n) is 15.5. The van der Waals surface area contributed by atoms with Crippen LogP contribution in [0.15, 0.2) is 23.3 Å². The Morgan fingerprint density at radius 1 is 1.05 bits per heavy atom. The summed E-state index contributed by atoms with van der Waals surface area (Å²) in [5.41, 5.74) is -5.13. The van der Waals surface area contributed by atoms with Gasteiger partial charge < -0.3 is 29.9 Å². The molecular weight excluding hydrogens is 548 g/mol. The van der Waals surface area contributed by atoms with Crippen LogP contribution >= 0.6 is 0 Å². The van der Waals surface area contributed by atoms with E-state index in [1.165, 1.54) is 25.7 Å². The van der Waals surface area contributed by atoms with Crippen LogP contribution in [0.5, 0.6) is 0 Å². The second-order valence-corrected chi connectivity index (χ2v) is 15.5. The van der Waals surface area contributed by atoms with Crippen LogP contribution in [0.4, 0.5) is 0 Å². The molecule has 8 heteroatoms. The molecule has 4 rings (SSSR count). The van der Waals surface area contributed by atoms with Gasteiger partial charge in [-0.3, -0.25) is 9.59 Å². The molecule has 0 amide bonds. The average molecular weight is 605 g/mol. The second kappa shape index (κ2) is 11.9. The number of hydrogen-bond acceptors (Lipinski definition) is 8. The van der Waals surface area contributed by atoms with Gasteiger partial charge in [0.1, 0.15) is 17.3 Å². The molecule has 2 bridgehead atoms. The molecule has 0 aromatic carbocycles. The summed E-state index contributed by atoms with van der Waals surface area (Å²) in [7, 11) is 0. The van der Waals surface area contributed by atoms with Crippen LogP contribution in [0.2, 0.25) is 0 Å². The molecule has 0 heterocycles. The van der Waals surface area contributed by atoms with E-state index in [-0.39, 0.29) is 17.5 Å². The molecule has 4 aliphatic rings. The maximum absolute atomic E-state index is 13.3. The Morgan fingerprint density at radius 2 is 1.65 bits per heavy atom. The first-order valence-electron chi connectivity index (χ1n) is 16.5. The third-order valence-electron chi connectivity index (χ3n) is 11.4. The lowest BCUT2D eigenvalue weighted by molar-refractivity contribution is -0.228. The van der Waals surface area contributed by atoms with Crippen LogP contribution in [-0.2, 0) is 19.1 Å². The fraction of sp³-hybridized carbons (Fsp3) is 0.829. The minimum Gasteiger partial charge on any atom is -0.458 e. The highest BCUT2D eigenvalue weighted by Gasteiger charge is 2.83. The minimum absolute atomic E-state index is 0.161. The molecule has 0 aliphatic heterocycles. The highest BCUT2D eigenvalue weighted by molar-refractivity contribution is 5.76. The Kier molecular flexibility index (Phi) is 9.44. The molecule has 0 aromatic rings. The van der Waals surface area contributed by atoms with Crippen molar-refractivity contribution in [2.75, 3.05) is 6.61 Å². The maximum Gasteiger partial charge on any atom is 0.311 e. The first-order chi connectivity index (χ1) is 20.0. The van der Waals surface area contributed by atoms with Crippen molar-refractivity contribution < 1.29 is 39.5 Å². The SMILES string of the molecule is CCCCCCCCCC(=O)O[C@@]12C[C@@H](C)[C@]34C=C(C)[C@H](OC(=O)C(C)(C)C)[C@@]3(O)[C@H](O)C(CO)=C[C@H](C4O)[C@@H]1C2(C)C. The molecule has 0 radical (unpaired) electrons. The summed E-state index contributed by atoms with van der Waals surface area (Å²) in [5, 5.41) is 47.2. The first-order valence-corrected chi connectivity index (χ1v) is 16.5. The molecule has 1 unspecified atom stereocenters. The van der Waals surface area contributed by atoms with E-state index in [1.54, 1.807) is 39.8 Å². The van der Waals surface area contributed by atoms with Gasteiger partial charge in [-0.1, -0.05) is 78.4 Å². The number of hydrogen-bond donors (Lipinski definition) is 4. The lowest BCUT2D eigenvalue weighted by atomic mass is 9.58. The predicted molar refractivity (Wildman–Crippen MR) is 164 cm³/mol. The summed E-state index contributed by atoms with van der Waals surface area (Å²) < 4.78 is 12.3. The van der Waals surface area contributed by atoms with Gasteiger partial charge in [0.15, 0.2) is 6.10 Å². The number of fused-ring (bicyclic) bond motifs is 3. The summed E-state index contributed by atoms with van der Waals surface area (Å²) in [6, 6.07) is 0. The third kappa shape index (κ3) is 5.22. The zero-order valence-electron chi connectivity index (χ0n) is 27.6. The maximum atomic E-state index is 13.3. The van der Waals surface area contributed by atoms with Gasteiger partial charge in [0.05, 0.1) is 23.5 Å². The van der Waals surface area contributed by atoms with Crippen molar-refractivity contribution in [2.45, 2.75) is 143 Å². The highest BCUT2D eigenvalue weighted by Crippen LogP contribution is 2.76. The van der Waals surface area contributed by atoms with E-state index >= 15 is 0 Å². The van der Waals surface area contributed by atoms with Crippen molar-refractivity contribution in [2.24, 2.45) is 34.0 Å². The molecule has 0 saturated heterocycles. The Balaban J connectivity index is 1.68. The number of carbonyl (C=O) groups excluding carboxylic acids is 2. The summed E-state index contributed by atoms with van der Waals surface area (Å²) >= 11 is 0. The van der Waals surface area contributed by atoms with Crippen molar-refractivity contribution in [3.8, 4) is 0 Å². The lowest BCUT2D eigenvalue weighted by Crippen LogP contribution is -2.67. The van der Waals surface area contributed by atoms with Gasteiger partial charge >= 0.3 is 11.9 Å². The molecule has 244 valence electrons. The number of unbranched alkanes of at least 4 members (excludes halogenated alkanes) is 6. The standard InChI is InChI=1S/C35H56O8/c1-9-10-11-12-13-14-15-16-25(37)43-34-19-22(3)33-18-21(2)29(42-30(40)31(4,5)6)35(33,41)27(38)23(20-36)17-24(28(33)39)26(34)32(34,7)8/h17-18,22,24,26-29,36,38-39,41H,9-16,19-20H2,1-8H3/t22-,24+,26-,27-,28?,29+,33+,34+,35+/m1/s1. The van der Waals surface area contributed by atoms with E-state index < -0.39 is 70.2 Å². The largest absolute Gasteiger partial charge is 0.458 e. The number of aliphatic hydroxyl groups excluding tert-OH is 3. The van der Waals surface area contributed by atoms with Crippen molar-refractivity contribution in [1.29, 1.82) is 0 Å². The average Bonchev–Trinajstić information content (AvgIpc) is 3.32. The summed E-state index contributed by atoms with van der Waals surface area (Å²) in [5.74, 6) is -2.21. The number of esters is 2. The van der Waals surface area contributed by atoms with Crippen LogP contribution in [0.3, 0.4) is 0 Å². The zero-order valence-corrected chi connectivity index (χ0v) is 27.6. The molecule has 4 aliphatic carbocycles. The summed E-state index contributed by atoms with van der Waals surface area (Å²) in [6.45, 7) is 14.5. The Bertz CT molecular complexity index is 1130. The van der Waals surface area contributed by atoms with E-state index in [2.05, 4.69) is 6.92 Å². The van der Waals surface area contributed by atoms with E-state index in [0.717, 1.165) is 19.3 Å². The Hall–Kier alpha value is -1.74. The molecule has 9 atom stereocenters. The van der Waals surface area contributed by atoms with Crippen LogP contribution in [0.25, 0.3) is 0 Å². The van der Waals surface area contributed by atoms with Crippen LogP contribution in [0.1, 0.15) is 113 Å². The first kappa shape index (κ1) is 34.1. The lowest BCUT2D eigenvalue weighted by Gasteiger charge is -2.52. The monoisotopic (exact) mass is 604 g/mol. The van der Waals surface area contributed by atoms with Gasteiger partial charge in [-0.05, 0) is 57.6 Å². The fourth-order valence-electron chi connectivity index (χ4n) is 8.97. The third-order valence-corrected chi connectivity index (χ3v) is 11.4. The van der Waals surface area contributed by atoms with E-state index in [4.69, 9.17) is 9.47 Å². The van der Waals surface area contributed by atoms with Gasteiger partial charge in [-0.2, -0.15) is 0 Å². The van der Waals surface area contributed by atoms with Crippen LogP contribution in [0, 0.1) is 34.0 Å². The van der Waals surface area contributed by atoms with Gasteiger partial charge in [0.2, 0.25) is 0 Å². The molecule has 2 saturated carbocycles. The highest BCUT2D eigenvalue weighted by atomic mass is 16.6. The smallest absolute Gasteiger partial charge is 0.311 e. The molecule has 2 fully saturated rings. The normalized spacial score (nSPS) is 39.4. The minimum atomic E-state index is -2.15. The van der Waals surface area contributed by atoms with Crippen molar-refractivity contribution in [3.05, 3.63) is 23.3 Å². The van der Waals surface area contributed by atoms with Crippen molar-refractivity contribution in [1.82, 2.24) is 0 Å². The number of aliphatic hydroxyl groups is 4. The van der Waals surface area contributed by atoms with Crippen LogP contribution < -0.4 is 0 Å². The Labute approximate surface area is 257 Å². The molecule has 0 aromatic heterocycles. The summed E-state index contributed by atoms with van der Waals surface area (Å²) in [4.78, 5) is 26.4. The molecule has 43 heavy (non-hydrogen) atoms. The van der Waals surface area contributed by atoms with E-state index in [0.29, 0.717) is 18.4 Å². The zero-order chi connectivity index (χ0) is 32.2. The fourth-order valence-corrected chi connectivity index (χ4v) is 8.97.